The number of aryl methyl sites for hydroxylation is 1. The van der Waals surface area contributed by atoms with Gasteiger partial charge in [0.25, 0.3) is 10.0 Å². The van der Waals surface area contributed by atoms with E-state index in [-0.39, 0.29) is 27.7 Å². The summed E-state index contributed by atoms with van der Waals surface area (Å²) in [5, 5.41) is 8.75. The first-order valence-electron chi connectivity index (χ1n) is 11.0. The van der Waals surface area contributed by atoms with E-state index in [2.05, 4.69) is 4.99 Å². The Bertz CT molecular complexity index is 1260. The summed E-state index contributed by atoms with van der Waals surface area (Å²) < 4.78 is 72.6. The van der Waals surface area contributed by atoms with Gasteiger partial charge in [0, 0.05) is 47.5 Å². The number of hydrogen-bond acceptors (Lipinski definition) is 8. The molecule has 0 spiro atoms. The Labute approximate surface area is 222 Å². The van der Waals surface area contributed by atoms with Crippen molar-refractivity contribution in [3.8, 4) is 5.75 Å². The third-order valence-electron chi connectivity index (χ3n) is 4.87. The predicted molar refractivity (Wildman–Crippen MR) is 140 cm³/mol. The van der Waals surface area contributed by atoms with Gasteiger partial charge < -0.3 is 15.6 Å². The van der Waals surface area contributed by atoms with Crippen LogP contribution in [0.5, 0.6) is 5.75 Å². The quantitative estimate of drug-likeness (QED) is 0.262. The molecule has 8 nitrogen and oxygen atoms in total. The summed E-state index contributed by atoms with van der Waals surface area (Å²) in [4.78, 5) is 15.2. The lowest BCUT2D eigenvalue weighted by atomic mass is 10.2. The smallest absolute Gasteiger partial charge is 0.431 e. The molecule has 1 heterocycles. The fraction of sp³-hybridized carbons (Fsp3) is 0.391. The molecular formula is C23H28F3N3O5S3. The predicted octanol–water partition coefficient (Wildman–Crippen LogP) is 4.65. The summed E-state index contributed by atoms with van der Waals surface area (Å²) in [5.41, 5.74) is 4.30. The molecule has 0 atom stereocenters. The SMILES string of the molecule is CCCN(CCSc1ccc(OCC(=O)O)c(C)c1)S(=O)(=O)c1ccc(C(C=NC)=C(N)C(F)(F)F)s1. The molecule has 0 fully saturated rings. The van der Waals surface area contributed by atoms with Crippen LogP contribution in [0.15, 0.2) is 50.1 Å². The zero-order valence-electron chi connectivity index (χ0n) is 20.4. The average molecular weight is 580 g/mol. The largest absolute Gasteiger partial charge is 0.482 e. The number of halogens is 3. The Morgan fingerprint density at radius 2 is 1.97 bits per heavy atom. The summed E-state index contributed by atoms with van der Waals surface area (Å²) in [6.45, 7) is 3.57. The number of carboxylic acids is 1. The van der Waals surface area contributed by atoms with Gasteiger partial charge in [-0.15, -0.1) is 23.1 Å². The maximum atomic E-state index is 13.3. The van der Waals surface area contributed by atoms with E-state index in [9.17, 15) is 26.4 Å². The number of sulfonamides is 1. The number of thiophene rings is 1. The molecule has 0 saturated heterocycles. The highest BCUT2D eigenvalue weighted by Gasteiger charge is 2.35. The van der Waals surface area contributed by atoms with Gasteiger partial charge in [-0.25, -0.2) is 13.2 Å². The Morgan fingerprint density at radius 1 is 1.27 bits per heavy atom. The van der Waals surface area contributed by atoms with E-state index in [0.29, 0.717) is 29.3 Å². The second-order valence-corrected chi connectivity index (χ2v) is 12.1. The van der Waals surface area contributed by atoms with E-state index in [1.807, 2.05) is 13.0 Å². The van der Waals surface area contributed by atoms with Crippen molar-refractivity contribution in [2.45, 2.75) is 35.5 Å². The van der Waals surface area contributed by atoms with Crippen LogP contribution in [0.4, 0.5) is 13.2 Å². The lowest BCUT2D eigenvalue weighted by Gasteiger charge is -2.20. The number of carboxylic acid groups (broad SMARTS) is 1. The fourth-order valence-corrected chi connectivity index (χ4v) is 7.26. The molecule has 0 unspecified atom stereocenters. The molecule has 1 aromatic heterocycles. The highest BCUT2D eigenvalue weighted by Crippen LogP contribution is 2.34. The number of alkyl halides is 3. The van der Waals surface area contributed by atoms with Crippen molar-refractivity contribution in [2.24, 2.45) is 10.7 Å². The Hall–Kier alpha value is -2.55. The monoisotopic (exact) mass is 579 g/mol. The van der Waals surface area contributed by atoms with Crippen molar-refractivity contribution in [3.05, 3.63) is 46.5 Å². The number of nitrogens with two attached hydrogens (primary N) is 1. The molecule has 204 valence electrons. The van der Waals surface area contributed by atoms with Crippen molar-refractivity contribution in [1.29, 1.82) is 0 Å². The van der Waals surface area contributed by atoms with E-state index in [1.165, 1.54) is 35.2 Å². The first-order chi connectivity index (χ1) is 17.3. The molecule has 37 heavy (non-hydrogen) atoms. The molecule has 0 bridgehead atoms. The van der Waals surface area contributed by atoms with Crippen LogP contribution in [0.3, 0.4) is 0 Å². The van der Waals surface area contributed by atoms with Gasteiger partial charge in [0.15, 0.2) is 6.61 Å². The van der Waals surface area contributed by atoms with Crippen molar-refractivity contribution >= 4 is 50.9 Å². The van der Waals surface area contributed by atoms with E-state index < -0.39 is 34.5 Å². The Balaban J connectivity index is 2.19. The zero-order chi connectivity index (χ0) is 27.8. The topological polar surface area (TPSA) is 122 Å². The van der Waals surface area contributed by atoms with Gasteiger partial charge >= 0.3 is 12.1 Å². The molecule has 0 aliphatic carbocycles. The first kappa shape index (κ1) is 30.7. The molecule has 0 amide bonds. The normalized spacial score (nSPS) is 13.3. The number of ether oxygens (including phenoxy) is 1. The number of thioether (sulfide) groups is 1. The van der Waals surface area contributed by atoms with E-state index in [1.54, 1.807) is 19.1 Å². The minimum atomic E-state index is -4.79. The number of hydrogen-bond donors (Lipinski definition) is 2. The second-order valence-electron chi connectivity index (χ2n) is 7.69. The van der Waals surface area contributed by atoms with Crippen LogP contribution in [0.2, 0.25) is 0 Å². The van der Waals surface area contributed by atoms with Gasteiger partial charge in [-0.1, -0.05) is 6.92 Å². The summed E-state index contributed by atoms with van der Waals surface area (Å²) in [6, 6.07) is 7.81. The Kier molecular flexibility index (Phi) is 11.0. The molecule has 14 heteroatoms. The molecule has 0 radical (unpaired) electrons. The number of aliphatic carboxylic acids is 1. The number of carbonyl (C=O) groups is 1. The van der Waals surface area contributed by atoms with Crippen molar-refractivity contribution in [2.75, 3.05) is 32.5 Å². The molecular weight excluding hydrogens is 551 g/mol. The van der Waals surface area contributed by atoms with E-state index >= 15 is 0 Å². The molecule has 0 aliphatic heterocycles. The van der Waals surface area contributed by atoms with Crippen molar-refractivity contribution in [3.63, 3.8) is 0 Å². The number of nitrogens with zero attached hydrogens (tertiary/aromatic N) is 2. The van der Waals surface area contributed by atoms with Gasteiger partial charge in [0.2, 0.25) is 0 Å². The maximum absolute atomic E-state index is 13.3. The van der Waals surface area contributed by atoms with Gasteiger partial charge in [0.1, 0.15) is 15.7 Å². The van der Waals surface area contributed by atoms with Crippen LogP contribution in [0.25, 0.3) is 5.57 Å². The van der Waals surface area contributed by atoms with Crippen LogP contribution in [-0.2, 0) is 14.8 Å². The summed E-state index contributed by atoms with van der Waals surface area (Å²) in [5.74, 6) is -0.216. The van der Waals surface area contributed by atoms with Gasteiger partial charge in [-0.05, 0) is 49.2 Å². The van der Waals surface area contributed by atoms with Crippen LogP contribution in [0, 0.1) is 6.92 Å². The highest BCUT2D eigenvalue weighted by molar-refractivity contribution is 7.99. The molecule has 0 saturated carbocycles. The number of allylic oxidation sites excluding steroid dienone is 2. The number of rotatable bonds is 13. The average Bonchev–Trinajstić information content (AvgIpc) is 3.31. The third-order valence-corrected chi connectivity index (χ3v) is 9.33. The summed E-state index contributed by atoms with van der Waals surface area (Å²) in [7, 11) is -2.66. The molecule has 2 rings (SSSR count). The van der Waals surface area contributed by atoms with Crippen LogP contribution < -0.4 is 10.5 Å². The standard InChI is InChI=1S/C23H28F3N3O5S3/c1-4-9-29(10-11-35-16-5-6-18(15(2)12-16)34-14-20(30)31)37(32,33)21-8-7-19(36-21)17(13-28-3)22(27)23(24,25)26/h5-8,12-13H,4,9-11,14,27H2,1-3H3,(H,30,31). The second kappa shape index (κ2) is 13.3. The van der Waals surface area contributed by atoms with E-state index in [0.717, 1.165) is 16.7 Å². The minimum absolute atomic E-state index is 0.0468. The van der Waals surface area contributed by atoms with Crippen molar-refractivity contribution in [1.82, 2.24) is 4.31 Å². The van der Waals surface area contributed by atoms with Gasteiger partial charge in [0.05, 0.1) is 0 Å². The van der Waals surface area contributed by atoms with Gasteiger partial charge in [-0.3, -0.25) is 4.99 Å². The molecule has 2 aromatic rings. The number of aliphatic imine (C=N–C) groups is 1. The van der Waals surface area contributed by atoms with Crippen LogP contribution in [0.1, 0.15) is 23.8 Å². The summed E-state index contributed by atoms with van der Waals surface area (Å²) in [6.07, 6.45) is -3.28. The Morgan fingerprint density at radius 3 is 2.54 bits per heavy atom. The lowest BCUT2D eigenvalue weighted by Crippen LogP contribution is -2.33. The zero-order valence-corrected chi connectivity index (χ0v) is 22.9. The van der Waals surface area contributed by atoms with Crippen LogP contribution in [-0.4, -0.2) is 68.7 Å². The maximum Gasteiger partial charge on any atom is 0.431 e. The number of benzene rings is 1. The third kappa shape index (κ3) is 8.48. The lowest BCUT2D eigenvalue weighted by molar-refractivity contribution is -0.139. The fourth-order valence-electron chi connectivity index (χ4n) is 3.16. The minimum Gasteiger partial charge on any atom is -0.482 e. The molecule has 0 aliphatic rings. The van der Waals surface area contributed by atoms with Crippen LogP contribution >= 0.6 is 23.1 Å². The molecule has 3 N–H and O–H groups in total. The first-order valence-corrected chi connectivity index (χ1v) is 14.2. The van der Waals surface area contributed by atoms with Gasteiger partial charge in [-0.2, -0.15) is 17.5 Å². The van der Waals surface area contributed by atoms with Crippen molar-refractivity contribution < 1.29 is 36.2 Å². The van der Waals surface area contributed by atoms with E-state index in [4.69, 9.17) is 15.6 Å². The highest BCUT2D eigenvalue weighted by atomic mass is 32.2. The summed E-state index contributed by atoms with van der Waals surface area (Å²) >= 11 is 2.12. The molecule has 1 aromatic carbocycles.